The molecule has 0 spiro atoms. The Morgan fingerprint density at radius 1 is 1.00 bits per heavy atom. The van der Waals surface area contributed by atoms with Crippen molar-refractivity contribution in [3.8, 4) is 0 Å². The normalized spacial score (nSPS) is 23.2. The van der Waals surface area contributed by atoms with Crippen LogP contribution in [0.1, 0.15) is 18.2 Å². The third kappa shape index (κ3) is 2.01. The van der Waals surface area contributed by atoms with Crippen LogP contribution < -0.4 is 0 Å². The van der Waals surface area contributed by atoms with Crippen molar-refractivity contribution >= 4 is 10.9 Å². The molecule has 0 fully saturated rings. The first-order chi connectivity index (χ1) is 11.1. The van der Waals surface area contributed by atoms with E-state index in [-0.39, 0.29) is 0 Å². The minimum atomic E-state index is 0.491. The Morgan fingerprint density at radius 2 is 1.74 bits per heavy atom. The number of rotatable bonds is 2. The molecule has 1 aromatic carbocycles. The summed E-state index contributed by atoms with van der Waals surface area (Å²) in [5.74, 6) is 0.517. The van der Waals surface area contributed by atoms with Gasteiger partial charge in [0.15, 0.2) is 0 Å². The van der Waals surface area contributed by atoms with Crippen LogP contribution in [0.3, 0.4) is 0 Å². The molecule has 2 unspecified atom stereocenters. The van der Waals surface area contributed by atoms with E-state index in [1.807, 2.05) is 0 Å². The quantitative estimate of drug-likeness (QED) is 0.800. The minimum Gasteiger partial charge on any atom is -0.371 e. The standard InChI is InChI=1S/C21H24N2/c1-14-18(16-9-5-7-11-20(16)22(14)3)13-19-15(2)23(4)21-12-8-6-10-17(19)21/h5-12,16,20H,13H2,1-4H3. The Kier molecular flexibility index (Phi) is 3.22. The van der Waals surface area contributed by atoms with E-state index in [2.05, 4.69) is 86.0 Å². The van der Waals surface area contributed by atoms with Gasteiger partial charge in [0.1, 0.15) is 0 Å². The Morgan fingerprint density at radius 3 is 2.57 bits per heavy atom. The van der Waals surface area contributed by atoms with Crippen LogP contribution in [0.4, 0.5) is 0 Å². The lowest BCUT2D eigenvalue weighted by Gasteiger charge is -2.25. The highest BCUT2D eigenvalue weighted by atomic mass is 15.2. The van der Waals surface area contributed by atoms with Crippen LogP contribution in [0.2, 0.25) is 0 Å². The summed E-state index contributed by atoms with van der Waals surface area (Å²) < 4.78 is 2.33. The van der Waals surface area contributed by atoms with Crippen molar-refractivity contribution in [2.75, 3.05) is 7.05 Å². The van der Waals surface area contributed by atoms with Gasteiger partial charge in [0.2, 0.25) is 0 Å². The van der Waals surface area contributed by atoms with Crippen LogP contribution in [0, 0.1) is 12.8 Å². The summed E-state index contributed by atoms with van der Waals surface area (Å²) in [5, 5.41) is 1.40. The van der Waals surface area contributed by atoms with E-state index >= 15 is 0 Å². The van der Waals surface area contributed by atoms with Crippen molar-refractivity contribution in [1.29, 1.82) is 0 Å². The summed E-state index contributed by atoms with van der Waals surface area (Å²) in [5.41, 5.74) is 7.20. The van der Waals surface area contributed by atoms with E-state index in [1.165, 1.54) is 27.9 Å². The van der Waals surface area contributed by atoms with Crippen LogP contribution in [-0.4, -0.2) is 22.6 Å². The molecule has 1 aromatic heterocycles. The van der Waals surface area contributed by atoms with E-state index in [4.69, 9.17) is 0 Å². The van der Waals surface area contributed by atoms with Gasteiger partial charge in [-0.15, -0.1) is 0 Å². The maximum atomic E-state index is 2.43. The second-order valence-electron chi connectivity index (χ2n) is 6.82. The monoisotopic (exact) mass is 304 g/mol. The molecular weight excluding hydrogens is 280 g/mol. The predicted molar refractivity (Wildman–Crippen MR) is 97.4 cm³/mol. The molecule has 0 saturated heterocycles. The Balaban J connectivity index is 1.81. The molecule has 0 bridgehead atoms. The molecule has 2 heteroatoms. The van der Waals surface area contributed by atoms with E-state index < -0.39 is 0 Å². The molecule has 0 saturated carbocycles. The zero-order chi connectivity index (χ0) is 16.1. The van der Waals surface area contributed by atoms with Gasteiger partial charge in [-0.1, -0.05) is 42.5 Å². The molecule has 23 heavy (non-hydrogen) atoms. The fourth-order valence-electron chi connectivity index (χ4n) is 4.24. The topological polar surface area (TPSA) is 8.17 Å². The molecule has 2 aliphatic rings. The van der Waals surface area contributed by atoms with Gasteiger partial charge >= 0.3 is 0 Å². The zero-order valence-electron chi connectivity index (χ0n) is 14.4. The first-order valence-corrected chi connectivity index (χ1v) is 8.40. The summed E-state index contributed by atoms with van der Waals surface area (Å²) >= 11 is 0. The lowest BCUT2D eigenvalue weighted by Crippen LogP contribution is -2.28. The van der Waals surface area contributed by atoms with Crippen LogP contribution in [0.5, 0.6) is 0 Å². The van der Waals surface area contributed by atoms with E-state index in [1.54, 1.807) is 5.57 Å². The molecule has 0 radical (unpaired) electrons. The Labute approximate surface area is 138 Å². The van der Waals surface area contributed by atoms with Gasteiger partial charge < -0.3 is 9.47 Å². The summed E-state index contributed by atoms with van der Waals surface area (Å²) in [6.07, 6.45) is 10.1. The minimum absolute atomic E-state index is 0.491. The highest BCUT2D eigenvalue weighted by Crippen LogP contribution is 2.39. The van der Waals surface area contributed by atoms with Gasteiger partial charge in [0.25, 0.3) is 0 Å². The molecule has 2 atom stereocenters. The number of para-hydroxylation sites is 1. The molecule has 4 rings (SSSR count). The first-order valence-electron chi connectivity index (χ1n) is 8.40. The van der Waals surface area contributed by atoms with Crippen LogP contribution >= 0.6 is 0 Å². The molecule has 0 N–H and O–H groups in total. The maximum absolute atomic E-state index is 2.43. The zero-order valence-corrected chi connectivity index (χ0v) is 14.4. The second kappa shape index (κ2) is 5.16. The van der Waals surface area contributed by atoms with Gasteiger partial charge in [-0.05, 0) is 37.5 Å². The number of likely N-dealkylation sites (N-methyl/N-ethyl adjacent to an activating group) is 1. The highest BCUT2D eigenvalue weighted by molar-refractivity contribution is 5.85. The lowest BCUT2D eigenvalue weighted by atomic mass is 9.86. The van der Waals surface area contributed by atoms with E-state index in [0.717, 1.165) is 6.42 Å². The fraction of sp³-hybridized carbons (Fsp3) is 0.333. The number of fused-ring (bicyclic) bond motifs is 2. The Hall–Kier alpha value is -2.22. The van der Waals surface area contributed by atoms with E-state index in [0.29, 0.717) is 12.0 Å². The second-order valence-corrected chi connectivity index (χ2v) is 6.82. The van der Waals surface area contributed by atoms with Crippen molar-refractivity contribution in [2.24, 2.45) is 13.0 Å². The number of hydrogen-bond donors (Lipinski definition) is 0. The molecule has 118 valence electrons. The lowest BCUT2D eigenvalue weighted by molar-refractivity contribution is 0.356. The number of hydrogen-bond acceptors (Lipinski definition) is 1. The average Bonchev–Trinajstić information content (AvgIpc) is 2.97. The van der Waals surface area contributed by atoms with Crippen LogP contribution in [-0.2, 0) is 13.5 Å². The third-order valence-electron chi connectivity index (χ3n) is 5.85. The molecule has 2 heterocycles. The summed E-state index contributed by atoms with van der Waals surface area (Å²) in [7, 11) is 4.40. The van der Waals surface area contributed by atoms with Gasteiger partial charge in [-0.2, -0.15) is 0 Å². The largest absolute Gasteiger partial charge is 0.371 e. The SMILES string of the molecule is CC1=C(Cc2c(C)n(C)c3ccccc23)C2C=CC=CC2N1C. The van der Waals surface area contributed by atoms with Crippen molar-refractivity contribution in [3.63, 3.8) is 0 Å². The fourth-order valence-corrected chi connectivity index (χ4v) is 4.24. The number of aromatic nitrogens is 1. The average molecular weight is 304 g/mol. The van der Waals surface area contributed by atoms with Crippen molar-refractivity contribution in [2.45, 2.75) is 26.3 Å². The summed E-state index contributed by atoms with van der Waals surface area (Å²) in [6, 6.07) is 9.26. The maximum Gasteiger partial charge on any atom is 0.0570 e. The number of aryl methyl sites for hydroxylation is 1. The molecule has 2 nitrogen and oxygen atoms in total. The van der Waals surface area contributed by atoms with Gasteiger partial charge in [0, 0.05) is 42.3 Å². The van der Waals surface area contributed by atoms with Gasteiger partial charge in [0.05, 0.1) is 6.04 Å². The smallest absolute Gasteiger partial charge is 0.0570 e. The van der Waals surface area contributed by atoms with Gasteiger partial charge in [-0.3, -0.25) is 0 Å². The van der Waals surface area contributed by atoms with Crippen molar-refractivity contribution in [3.05, 3.63) is 71.1 Å². The van der Waals surface area contributed by atoms with Gasteiger partial charge in [-0.25, -0.2) is 0 Å². The van der Waals surface area contributed by atoms with Crippen LogP contribution in [0.25, 0.3) is 10.9 Å². The Bertz CT molecular complexity index is 863. The van der Waals surface area contributed by atoms with Crippen molar-refractivity contribution < 1.29 is 0 Å². The summed E-state index contributed by atoms with van der Waals surface area (Å²) in [6.45, 7) is 4.52. The molecule has 2 aromatic rings. The molecule has 1 aliphatic carbocycles. The summed E-state index contributed by atoms with van der Waals surface area (Å²) in [4.78, 5) is 2.43. The number of benzene rings is 1. The number of allylic oxidation sites excluding steroid dienone is 3. The molecule has 0 amide bonds. The van der Waals surface area contributed by atoms with Crippen LogP contribution in [0.15, 0.2) is 59.8 Å². The molecule has 1 aliphatic heterocycles. The third-order valence-corrected chi connectivity index (χ3v) is 5.85. The van der Waals surface area contributed by atoms with Crippen molar-refractivity contribution in [1.82, 2.24) is 9.47 Å². The number of nitrogens with zero attached hydrogens (tertiary/aromatic N) is 2. The first kappa shape index (κ1) is 14.4. The predicted octanol–water partition coefficient (Wildman–Crippen LogP) is 4.36. The highest BCUT2D eigenvalue weighted by Gasteiger charge is 2.35. The molecular formula is C21H24N2. The van der Waals surface area contributed by atoms with E-state index in [9.17, 15) is 0 Å².